The molecule has 2 aromatic heterocycles. The van der Waals surface area contributed by atoms with Crippen molar-refractivity contribution in [2.24, 2.45) is 0 Å². The number of halogens is 2. The zero-order valence-electron chi connectivity index (χ0n) is 13.2. The van der Waals surface area contributed by atoms with Crippen molar-refractivity contribution in [1.82, 2.24) is 9.07 Å². The highest BCUT2D eigenvalue weighted by Crippen LogP contribution is 2.25. The summed E-state index contributed by atoms with van der Waals surface area (Å²) in [6, 6.07) is 15.5. The highest BCUT2D eigenvalue weighted by molar-refractivity contribution is 6.31. The summed E-state index contributed by atoms with van der Waals surface area (Å²) in [7, 11) is 0. The molecule has 0 aliphatic carbocycles. The van der Waals surface area contributed by atoms with Crippen LogP contribution in [0.15, 0.2) is 64.2 Å². The number of hydrogen-bond acceptors (Lipinski definition) is 2. The van der Waals surface area contributed by atoms with Crippen molar-refractivity contribution in [1.29, 1.82) is 0 Å². The van der Waals surface area contributed by atoms with Crippen LogP contribution in [0.4, 0.5) is 0 Å². The number of hydrogen-bond donors (Lipinski definition) is 1. The lowest BCUT2D eigenvalue weighted by molar-refractivity contribution is 1.36. The Morgan fingerprint density at radius 2 is 1.46 bits per heavy atom. The third-order valence-electron chi connectivity index (χ3n) is 4.69. The molecule has 0 atom stereocenters. The molecule has 26 heavy (non-hydrogen) atoms. The molecular formula is C20H10Cl2N2O2. The Bertz CT molecular complexity index is 1500. The summed E-state index contributed by atoms with van der Waals surface area (Å²) in [5.41, 5.74) is 2.05. The average Bonchev–Trinajstić information content (AvgIpc) is 2.65. The number of nitrogens with zero attached hydrogens (tertiary/aromatic N) is 1. The van der Waals surface area contributed by atoms with Crippen molar-refractivity contribution in [3.05, 3.63) is 80.1 Å². The first kappa shape index (κ1) is 15.4. The molecule has 0 radical (unpaired) electrons. The molecule has 0 aliphatic heterocycles. The maximum absolute atomic E-state index is 12.9. The predicted molar refractivity (Wildman–Crippen MR) is 108 cm³/mol. The first-order valence-electron chi connectivity index (χ1n) is 7.93. The Balaban J connectivity index is 2.06. The Hall–Kier alpha value is -2.82. The van der Waals surface area contributed by atoms with E-state index in [-0.39, 0.29) is 10.9 Å². The number of benzene rings is 3. The van der Waals surface area contributed by atoms with Gasteiger partial charge < -0.3 is 4.98 Å². The fourth-order valence-corrected chi connectivity index (χ4v) is 3.90. The molecule has 126 valence electrons. The van der Waals surface area contributed by atoms with Crippen LogP contribution in [0.3, 0.4) is 0 Å². The second-order valence-corrected chi connectivity index (χ2v) is 6.96. The zero-order chi connectivity index (χ0) is 18.0. The summed E-state index contributed by atoms with van der Waals surface area (Å²) in [4.78, 5) is 29.0. The number of rotatable bonds is 0. The number of pyridine rings is 2. The van der Waals surface area contributed by atoms with Crippen LogP contribution in [0.25, 0.3) is 43.6 Å². The molecule has 0 aliphatic rings. The number of H-pyrrole nitrogens is 1. The lowest BCUT2D eigenvalue weighted by Crippen LogP contribution is -2.10. The lowest BCUT2D eigenvalue weighted by atomic mass is 10.1. The Labute approximate surface area is 156 Å². The lowest BCUT2D eigenvalue weighted by Gasteiger charge is -2.10. The van der Waals surface area contributed by atoms with E-state index in [4.69, 9.17) is 23.4 Å². The van der Waals surface area contributed by atoms with E-state index in [2.05, 4.69) is 4.98 Å². The van der Waals surface area contributed by atoms with Crippen molar-refractivity contribution >= 4 is 67.0 Å². The second-order valence-electron chi connectivity index (χ2n) is 6.19. The molecule has 2 heterocycles. The highest BCUT2D eigenvalue weighted by Gasteiger charge is 2.13. The van der Waals surface area contributed by atoms with Crippen molar-refractivity contribution in [3.8, 4) is 0 Å². The number of aromatic nitrogens is 2. The minimum absolute atomic E-state index is 0.124. The highest BCUT2D eigenvalue weighted by atomic mass is 35.5. The van der Waals surface area contributed by atoms with Gasteiger partial charge in [-0.25, -0.2) is 0 Å². The van der Waals surface area contributed by atoms with Crippen LogP contribution in [0.5, 0.6) is 0 Å². The van der Waals surface area contributed by atoms with E-state index in [1.807, 2.05) is 6.07 Å². The van der Waals surface area contributed by atoms with Crippen LogP contribution in [-0.2, 0) is 0 Å². The maximum Gasteiger partial charge on any atom is 0.197 e. The first-order chi connectivity index (χ1) is 12.5. The van der Waals surface area contributed by atoms with Crippen LogP contribution in [0.2, 0.25) is 5.02 Å². The number of fused-ring (bicyclic) bond motifs is 4. The van der Waals surface area contributed by atoms with Gasteiger partial charge in [0.05, 0.1) is 22.1 Å². The molecule has 0 bridgehead atoms. The third-order valence-corrected chi connectivity index (χ3v) is 5.29. The summed E-state index contributed by atoms with van der Waals surface area (Å²) < 4.78 is 1.43. The van der Waals surface area contributed by atoms with Gasteiger partial charge in [-0.05, 0) is 42.5 Å². The van der Waals surface area contributed by atoms with Gasteiger partial charge in [0.15, 0.2) is 10.9 Å². The van der Waals surface area contributed by atoms with Crippen molar-refractivity contribution < 1.29 is 0 Å². The van der Waals surface area contributed by atoms with Crippen LogP contribution in [-0.4, -0.2) is 9.07 Å². The maximum atomic E-state index is 12.9. The normalized spacial score (nSPS) is 11.8. The van der Waals surface area contributed by atoms with Crippen LogP contribution < -0.4 is 10.9 Å². The minimum Gasteiger partial charge on any atom is -0.354 e. The van der Waals surface area contributed by atoms with E-state index >= 15 is 0 Å². The van der Waals surface area contributed by atoms with E-state index in [0.717, 1.165) is 0 Å². The molecule has 4 nitrogen and oxygen atoms in total. The molecule has 0 unspecified atom stereocenters. The standard InChI is InChI=1S/C20H10Cl2N2O2/c21-10-5-6-11-15(7-10)23-16-8-14-18(9-13(16)19(11)25)24(22)17-4-2-1-3-12(17)20(14)26/h1-9H,(H,23,25). The van der Waals surface area contributed by atoms with Gasteiger partial charge in [-0.15, -0.1) is 0 Å². The fourth-order valence-electron chi connectivity index (χ4n) is 3.44. The van der Waals surface area contributed by atoms with Crippen molar-refractivity contribution in [2.75, 3.05) is 0 Å². The van der Waals surface area contributed by atoms with Crippen LogP contribution in [0.1, 0.15) is 0 Å². The van der Waals surface area contributed by atoms with Crippen LogP contribution in [0, 0.1) is 0 Å². The molecule has 5 aromatic rings. The summed E-state index contributed by atoms with van der Waals surface area (Å²) in [5.74, 6) is 0. The van der Waals surface area contributed by atoms with Gasteiger partial charge in [0, 0.05) is 38.3 Å². The molecule has 0 saturated carbocycles. The zero-order valence-corrected chi connectivity index (χ0v) is 14.7. The van der Waals surface area contributed by atoms with E-state index in [1.165, 1.54) is 4.09 Å². The van der Waals surface area contributed by atoms with Gasteiger partial charge in [0.25, 0.3) is 0 Å². The first-order valence-corrected chi connectivity index (χ1v) is 8.65. The minimum atomic E-state index is -0.135. The summed E-state index contributed by atoms with van der Waals surface area (Å²) in [6.45, 7) is 0. The molecule has 0 fully saturated rings. The van der Waals surface area contributed by atoms with Crippen molar-refractivity contribution in [3.63, 3.8) is 0 Å². The molecule has 0 saturated heterocycles. The molecule has 0 amide bonds. The Morgan fingerprint density at radius 1 is 0.731 bits per heavy atom. The number of aromatic amines is 1. The van der Waals surface area contributed by atoms with E-state index < -0.39 is 0 Å². The van der Waals surface area contributed by atoms with Gasteiger partial charge in [0.1, 0.15) is 0 Å². The van der Waals surface area contributed by atoms with Gasteiger partial charge in [-0.2, -0.15) is 0 Å². The average molecular weight is 381 g/mol. The SMILES string of the molecule is O=c1c2ccc(Cl)cc2[nH]c2cc3c(=O)c4ccccc4n(Cl)c3cc12. The van der Waals surface area contributed by atoms with Gasteiger partial charge >= 0.3 is 0 Å². The Morgan fingerprint density at radius 3 is 2.31 bits per heavy atom. The van der Waals surface area contributed by atoms with E-state index in [0.29, 0.717) is 48.6 Å². The molecule has 6 heteroatoms. The third kappa shape index (κ3) is 2.03. The predicted octanol–water partition coefficient (Wildman–Crippen LogP) is 4.80. The van der Waals surface area contributed by atoms with Gasteiger partial charge in [0.2, 0.25) is 0 Å². The largest absolute Gasteiger partial charge is 0.354 e. The smallest absolute Gasteiger partial charge is 0.197 e. The van der Waals surface area contributed by atoms with E-state index in [1.54, 1.807) is 48.5 Å². The quantitative estimate of drug-likeness (QED) is 0.392. The van der Waals surface area contributed by atoms with Crippen molar-refractivity contribution in [2.45, 2.75) is 0 Å². The summed E-state index contributed by atoms with van der Waals surface area (Å²) in [5, 5.41) is 2.51. The molecular weight excluding hydrogens is 371 g/mol. The topological polar surface area (TPSA) is 54.9 Å². The molecule has 5 rings (SSSR count). The molecule has 3 aromatic carbocycles. The second kappa shape index (κ2) is 5.34. The summed E-state index contributed by atoms with van der Waals surface area (Å²) >= 11 is 12.5. The molecule has 1 N–H and O–H groups in total. The van der Waals surface area contributed by atoms with Crippen LogP contribution >= 0.6 is 23.4 Å². The fraction of sp³-hybridized carbons (Fsp3) is 0. The van der Waals surface area contributed by atoms with E-state index in [9.17, 15) is 9.59 Å². The Kier molecular flexibility index (Phi) is 3.17. The monoisotopic (exact) mass is 380 g/mol. The summed E-state index contributed by atoms with van der Waals surface area (Å²) in [6.07, 6.45) is 0. The number of nitrogens with one attached hydrogen (secondary N) is 1. The van der Waals surface area contributed by atoms with Gasteiger partial charge in [-0.1, -0.05) is 23.7 Å². The van der Waals surface area contributed by atoms with Gasteiger partial charge in [-0.3, -0.25) is 13.7 Å². The number of para-hydroxylation sites is 1. The molecule has 0 spiro atoms.